The number of carbonyl (C=O) groups excluding carboxylic acids is 1. The average Bonchev–Trinajstić information content (AvgIpc) is 2.71. The molecule has 0 fully saturated rings. The molecule has 6 heteroatoms. The standard InChI is InChI=1S/C13H16ClN3O2/c1-8(2)19-12(18)13(3,4)9-7-17-11(15-9)6-5-10(14)16-17/h5-8H,1-4H3. The number of rotatable bonds is 3. The Balaban J connectivity index is 2.39. The highest BCUT2D eigenvalue weighted by Crippen LogP contribution is 2.25. The Morgan fingerprint density at radius 2 is 2.11 bits per heavy atom. The summed E-state index contributed by atoms with van der Waals surface area (Å²) in [6, 6.07) is 3.41. The summed E-state index contributed by atoms with van der Waals surface area (Å²) in [6.07, 6.45) is 1.54. The molecule has 0 unspecified atom stereocenters. The van der Waals surface area contributed by atoms with Crippen molar-refractivity contribution in [2.45, 2.75) is 39.2 Å². The van der Waals surface area contributed by atoms with Crippen molar-refractivity contribution in [2.75, 3.05) is 0 Å². The molecule has 0 atom stereocenters. The van der Waals surface area contributed by atoms with E-state index in [0.717, 1.165) is 0 Å². The summed E-state index contributed by atoms with van der Waals surface area (Å²) in [5.74, 6) is -0.308. The lowest BCUT2D eigenvalue weighted by Crippen LogP contribution is -2.33. The van der Waals surface area contributed by atoms with Crippen LogP contribution in [-0.2, 0) is 14.9 Å². The van der Waals surface area contributed by atoms with Crippen LogP contribution < -0.4 is 0 Å². The molecule has 102 valence electrons. The van der Waals surface area contributed by atoms with Crippen LogP contribution >= 0.6 is 11.6 Å². The van der Waals surface area contributed by atoms with E-state index >= 15 is 0 Å². The average molecular weight is 282 g/mol. The molecule has 5 nitrogen and oxygen atoms in total. The van der Waals surface area contributed by atoms with Crippen LogP contribution in [0.3, 0.4) is 0 Å². The molecule has 0 N–H and O–H groups in total. The van der Waals surface area contributed by atoms with E-state index in [1.807, 2.05) is 13.8 Å². The second-order valence-corrected chi connectivity index (χ2v) is 5.55. The van der Waals surface area contributed by atoms with Crippen LogP contribution in [0.25, 0.3) is 5.65 Å². The quantitative estimate of drug-likeness (QED) is 0.812. The number of fused-ring (bicyclic) bond motifs is 1. The molecule has 0 aliphatic carbocycles. The van der Waals surface area contributed by atoms with Crippen molar-refractivity contribution in [3.63, 3.8) is 0 Å². The number of hydrogen-bond donors (Lipinski definition) is 0. The smallest absolute Gasteiger partial charge is 0.317 e. The maximum Gasteiger partial charge on any atom is 0.317 e. The lowest BCUT2D eigenvalue weighted by atomic mass is 9.90. The van der Waals surface area contributed by atoms with Gasteiger partial charge in [0.1, 0.15) is 10.6 Å². The zero-order valence-electron chi connectivity index (χ0n) is 11.3. The molecule has 2 rings (SSSR count). The van der Waals surface area contributed by atoms with Gasteiger partial charge in [0.2, 0.25) is 0 Å². The van der Waals surface area contributed by atoms with Crippen LogP contribution in [-0.4, -0.2) is 26.7 Å². The van der Waals surface area contributed by atoms with Gasteiger partial charge < -0.3 is 4.74 Å². The SMILES string of the molecule is CC(C)OC(=O)C(C)(C)c1cn2nc(Cl)ccc2n1. The van der Waals surface area contributed by atoms with Gasteiger partial charge in [-0.05, 0) is 39.8 Å². The molecule has 19 heavy (non-hydrogen) atoms. The third-order valence-corrected chi connectivity index (χ3v) is 2.98. The first-order valence-corrected chi connectivity index (χ1v) is 6.42. The molecule has 0 aliphatic rings. The topological polar surface area (TPSA) is 56.5 Å². The van der Waals surface area contributed by atoms with Crippen LogP contribution in [0, 0.1) is 0 Å². The number of nitrogens with zero attached hydrogens (tertiary/aromatic N) is 3. The molecular weight excluding hydrogens is 266 g/mol. The number of aromatic nitrogens is 3. The summed E-state index contributed by atoms with van der Waals surface area (Å²) < 4.78 is 6.81. The first-order valence-electron chi connectivity index (χ1n) is 6.04. The van der Waals surface area contributed by atoms with Crippen molar-refractivity contribution < 1.29 is 9.53 Å². The predicted octanol–water partition coefficient (Wildman–Crippen LogP) is 2.61. The summed E-state index contributed by atoms with van der Waals surface area (Å²) in [6.45, 7) is 7.19. The molecule has 0 saturated heterocycles. The Kier molecular flexibility index (Phi) is 3.49. The second kappa shape index (κ2) is 4.81. The number of esters is 1. The van der Waals surface area contributed by atoms with Gasteiger partial charge in [-0.1, -0.05) is 11.6 Å². The van der Waals surface area contributed by atoms with E-state index in [9.17, 15) is 4.79 Å². The minimum absolute atomic E-state index is 0.156. The summed E-state index contributed by atoms with van der Waals surface area (Å²) in [5.41, 5.74) is 0.419. The maximum atomic E-state index is 12.1. The summed E-state index contributed by atoms with van der Waals surface area (Å²) in [4.78, 5) is 16.5. The Hall–Kier alpha value is -1.62. The summed E-state index contributed by atoms with van der Waals surface area (Å²) in [7, 11) is 0. The predicted molar refractivity (Wildman–Crippen MR) is 72.3 cm³/mol. The van der Waals surface area contributed by atoms with Crippen molar-refractivity contribution in [1.29, 1.82) is 0 Å². The number of carbonyl (C=O) groups is 1. The Labute approximate surface area is 116 Å². The largest absolute Gasteiger partial charge is 0.462 e. The van der Waals surface area contributed by atoms with Crippen molar-refractivity contribution in [2.24, 2.45) is 0 Å². The Bertz CT molecular complexity index is 619. The highest BCUT2D eigenvalue weighted by Gasteiger charge is 2.34. The highest BCUT2D eigenvalue weighted by atomic mass is 35.5. The number of halogens is 1. The van der Waals surface area contributed by atoms with Gasteiger partial charge in [-0.2, -0.15) is 5.10 Å². The fourth-order valence-corrected chi connectivity index (χ4v) is 1.77. The minimum atomic E-state index is -0.829. The van der Waals surface area contributed by atoms with Gasteiger partial charge >= 0.3 is 5.97 Å². The van der Waals surface area contributed by atoms with E-state index in [4.69, 9.17) is 16.3 Å². The first kappa shape index (κ1) is 13.8. The maximum absolute atomic E-state index is 12.1. The molecule has 0 radical (unpaired) electrons. The molecule has 2 aromatic rings. The lowest BCUT2D eigenvalue weighted by molar-refractivity contribution is -0.153. The summed E-state index contributed by atoms with van der Waals surface area (Å²) in [5, 5.41) is 4.47. The van der Waals surface area contributed by atoms with Gasteiger partial charge in [0, 0.05) is 0 Å². The van der Waals surface area contributed by atoms with E-state index in [1.165, 1.54) is 0 Å². The zero-order chi connectivity index (χ0) is 14.2. The Morgan fingerprint density at radius 1 is 1.42 bits per heavy atom. The van der Waals surface area contributed by atoms with E-state index in [0.29, 0.717) is 16.5 Å². The van der Waals surface area contributed by atoms with E-state index < -0.39 is 5.41 Å². The third kappa shape index (κ3) is 2.71. The van der Waals surface area contributed by atoms with Gasteiger partial charge in [0.05, 0.1) is 18.0 Å². The molecule has 0 amide bonds. The fraction of sp³-hybridized carbons (Fsp3) is 0.462. The first-order chi connectivity index (χ1) is 8.80. The van der Waals surface area contributed by atoms with Crippen LogP contribution in [0.2, 0.25) is 5.15 Å². The fourth-order valence-electron chi connectivity index (χ4n) is 1.63. The summed E-state index contributed by atoms with van der Waals surface area (Å²) >= 11 is 5.82. The van der Waals surface area contributed by atoms with Crippen LogP contribution in [0.5, 0.6) is 0 Å². The third-order valence-electron chi connectivity index (χ3n) is 2.78. The van der Waals surface area contributed by atoms with E-state index in [1.54, 1.807) is 36.7 Å². The lowest BCUT2D eigenvalue weighted by Gasteiger charge is -2.21. The molecule has 0 aromatic carbocycles. The van der Waals surface area contributed by atoms with Gasteiger partial charge in [-0.3, -0.25) is 4.79 Å². The minimum Gasteiger partial charge on any atom is -0.462 e. The molecule has 2 aromatic heterocycles. The monoisotopic (exact) mass is 281 g/mol. The van der Waals surface area contributed by atoms with Crippen LogP contribution in [0.15, 0.2) is 18.3 Å². The van der Waals surface area contributed by atoms with Crippen molar-refractivity contribution in [1.82, 2.24) is 14.6 Å². The Morgan fingerprint density at radius 3 is 2.74 bits per heavy atom. The van der Waals surface area contributed by atoms with Crippen LogP contribution in [0.4, 0.5) is 0 Å². The molecule has 0 saturated carbocycles. The molecule has 0 spiro atoms. The highest BCUT2D eigenvalue weighted by molar-refractivity contribution is 6.29. The normalized spacial score (nSPS) is 12.1. The molecular formula is C13H16ClN3O2. The van der Waals surface area contributed by atoms with Crippen molar-refractivity contribution in [3.05, 3.63) is 29.2 Å². The zero-order valence-corrected chi connectivity index (χ0v) is 12.1. The molecule has 0 bridgehead atoms. The number of hydrogen-bond acceptors (Lipinski definition) is 4. The van der Waals surface area contributed by atoms with Gasteiger partial charge in [0.15, 0.2) is 5.65 Å². The molecule has 2 heterocycles. The molecule has 0 aliphatic heterocycles. The van der Waals surface area contributed by atoms with Gasteiger partial charge in [-0.25, -0.2) is 9.50 Å². The van der Waals surface area contributed by atoms with Crippen molar-refractivity contribution >= 4 is 23.2 Å². The number of ether oxygens (including phenoxy) is 1. The van der Waals surface area contributed by atoms with Crippen molar-refractivity contribution in [3.8, 4) is 0 Å². The van der Waals surface area contributed by atoms with E-state index in [-0.39, 0.29) is 12.1 Å². The number of imidazole rings is 1. The second-order valence-electron chi connectivity index (χ2n) is 5.16. The van der Waals surface area contributed by atoms with E-state index in [2.05, 4.69) is 10.1 Å². The van der Waals surface area contributed by atoms with Crippen LogP contribution in [0.1, 0.15) is 33.4 Å². The van der Waals surface area contributed by atoms with Gasteiger partial charge in [-0.15, -0.1) is 0 Å². The van der Waals surface area contributed by atoms with Gasteiger partial charge in [0.25, 0.3) is 0 Å².